The molecule has 0 heterocycles. The van der Waals surface area contributed by atoms with Gasteiger partial charge in [0.2, 0.25) is 0 Å². The Bertz CT molecular complexity index is 485. The number of benzene rings is 1. The van der Waals surface area contributed by atoms with Crippen molar-refractivity contribution >= 4 is 11.4 Å². The van der Waals surface area contributed by atoms with Crippen molar-refractivity contribution < 1.29 is 4.92 Å². The van der Waals surface area contributed by atoms with Crippen LogP contribution in [0.3, 0.4) is 0 Å². The summed E-state index contributed by atoms with van der Waals surface area (Å²) in [7, 11) is 0. The average Bonchev–Trinajstić information content (AvgIpc) is 2.41. The van der Waals surface area contributed by atoms with Crippen molar-refractivity contribution in [2.75, 3.05) is 5.32 Å². The third-order valence-corrected chi connectivity index (χ3v) is 4.44. The molecule has 1 aromatic carbocycles. The number of non-ortho nitro benzene ring substituents is 1. The standard InChI is InChI=1S/C16H24N2O2/c1-11(2)14-6-4-5-7-16(14)17-15-9-8-13(18(19)20)10-12(15)3/h8-11,14,16-17H,4-7H2,1-3H3. The number of rotatable bonds is 4. The molecule has 4 heteroatoms. The zero-order chi connectivity index (χ0) is 14.7. The topological polar surface area (TPSA) is 55.2 Å². The van der Waals surface area contributed by atoms with Gasteiger partial charge < -0.3 is 5.32 Å². The summed E-state index contributed by atoms with van der Waals surface area (Å²) in [6.07, 6.45) is 5.06. The maximum atomic E-state index is 10.8. The van der Waals surface area contributed by atoms with Crippen LogP contribution >= 0.6 is 0 Å². The first-order valence-electron chi connectivity index (χ1n) is 7.50. The number of nitro benzene ring substituents is 1. The highest BCUT2D eigenvalue weighted by atomic mass is 16.6. The molecule has 2 atom stereocenters. The van der Waals surface area contributed by atoms with Gasteiger partial charge in [0.1, 0.15) is 0 Å². The molecule has 1 N–H and O–H groups in total. The molecule has 0 bridgehead atoms. The van der Waals surface area contributed by atoms with Gasteiger partial charge in [0.05, 0.1) is 4.92 Å². The van der Waals surface area contributed by atoms with E-state index in [1.807, 2.05) is 13.0 Å². The van der Waals surface area contributed by atoms with Crippen molar-refractivity contribution in [1.82, 2.24) is 0 Å². The summed E-state index contributed by atoms with van der Waals surface area (Å²) >= 11 is 0. The number of nitrogens with zero attached hydrogens (tertiary/aromatic N) is 1. The molecule has 2 unspecified atom stereocenters. The largest absolute Gasteiger partial charge is 0.382 e. The van der Waals surface area contributed by atoms with Crippen molar-refractivity contribution in [2.24, 2.45) is 11.8 Å². The summed E-state index contributed by atoms with van der Waals surface area (Å²) in [6, 6.07) is 5.57. The Labute approximate surface area is 120 Å². The number of anilines is 1. The first-order chi connectivity index (χ1) is 9.49. The maximum absolute atomic E-state index is 10.8. The van der Waals surface area contributed by atoms with Gasteiger partial charge in [-0.2, -0.15) is 0 Å². The summed E-state index contributed by atoms with van der Waals surface area (Å²) in [5, 5.41) is 14.4. The molecule has 0 aromatic heterocycles. The molecular formula is C16H24N2O2. The molecular weight excluding hydrogens is 252 g/mol. The van der Waals surface area contributed by atoms with Crippen LogP contribution in [0.2, 0.25) is 0 Å². The fraction of sp³-hybridized carbons (Fsp3) is 0.625. The zero-order valence-corrected chi connectivity index (χ0v) is 12.6. The molecule has 1 fully saturated rings. The zero-order valence-electron chi connectivity index (χ0n) is 12.6. The number of aryl methyl sites for hydroxylation is 1. The van der Waals surface area contributed by atoms with Gasteiger partial charge in [-0.25, -0.2) is 0 Å². The molecule has 0 radical (unpaired) electrons. The Morgan fingerprint density at radius 3 is 2.60 bits per heavy atom. The molecule has 0 spiro atoms. The average molecular weight is 276 g/mol. The Kier molecular flexibility index (Phi) is 4.63. The molecule has 20 heavy (non-hydrogen) atoms. The minimum absolute atomic E-state index is 0.164. The normalized spacial score (nSPS) is 22.8. The van der Waals surface area contributed by atoms with E-state index in [4.69, 9.17) is 0 Å². The molecule has 0 aliphatic heterocycles. The Morgan fingerprint density at radius 2 is 2.00 bits per heavy atom. The summed E-state index contributed by atoms with van der Waals surface area (Å²) in [5.41, 5.74) is 2.15. The fourth-order valence-corrected chi connectivity index (χ4v) is 3.26. The SMILES string of the molecule is Cc1cc([N+](=O)[O-])ccc1NC1CCCCC1C(C)C. The first kappa shape index (κ1) is 14.8. The smallest absolute Gasteiger partial charge is 0.269 e. The van der Waals surface area contributed by atoms with Crippen molar-refractivity contribution in [1.29, 1.82) is 0 Å². The van der Waals surface area contributed by atoms with Gasteiger partial charge in [-0.15, -0.1) is 0 Å². The lowest BCUT2D eigenvalue weighted by Gasteiger charge is -2.36. The Morgan fingerprint density at radius 1 is 1.30 bits per heavy atom. The minimum Gasteiger partial charge on any atom is -0.382 e. The highest BCUT2D eigenvalue weighted by Crippen LogP contribution is 2.33. The van der Waals surface area contributed by atoms with Crippen LogP contribution in [-0.2, 0) is 0 Å². The maximum Gasteiger partial charge on any atom is 0.269 e. The van der Waals surface area contributed by atoms with Crippen LogP contribution in [0.25, 0.3) is 0 Å². The van der Waals surface area contributed by atoms with Crippen LogP contribution in [0.15, 0.2) is 18.2 Å². The van der Waals surface area contributed by atoms with Gasteiger partial charge in [-0.3, -0.25) is 10.1 Å². The van der Waals surface area contributed by atoms with Crippen molar-refractivity contribution in [3.8, 4) is 0 Å². The van der Waals surface area contributed by atoms with E-state index in [0.29, 0.717) is 17.9 Å². The van der Waals surface area contributed by atoms with Crippen molar-refractivity contribution in [3.05, 3.63) is 33.9 Å². The van der Waals surface area contributed by atoms with E-state index in [1.165, 1.54) is 25.7 Å². The second-order valence-corrected chi connectivity index (χ2v) is 6.20. The Hall–Kier alpha value is -1.58. The van der Waals surface area contributed by atoms with E-state index in [0.717, 1.165) is 11.3 Å². The van der Waals surface area contributed by atoms with Gasteiger partial charge in [-0.1, -0.05) is 26.7 Å². The van der Waals surface area contributed by atoms with Crippen LogP contribution in [0.4, 0.5) is 11.4 Å². The third-order valence-electron chi connectivity index (χ3n) is 4.44. The lowest BCUT2D eigenvalue weighted by Crippen LogP contribution is -2.35. The predicted octanol–water partition coefficient (Wildman–Crippen LogP) is 4.53. The summed E-state index contributed by atoms with van der Waals surface area (Å²) in [6.45, 7) is 6.50. The van der Waals surface area contributed by atoms with E-state index in [2.05, 4.69) is 19.2 Å². The molecule has 0 saturated heterocycles. The van der Waals surface area contributed by atoms with E-state index >= 15 is 0 Å². The first-order valence-corrected chi connectivity index (χ1v) is 7.50. The summed E-state index contributed by atoms with van der Waals surface area (Å²) < 4.78 is 0. The van der Waals surface area contributed by atoms with Gasteiger partial charge in [0, 0.05) is 23.9 Å². The van der Waals surface area contributed by atoms with Gasteiger partial charge in [0.25, 0.3) is 5.69 Å². The van der Waals surface area contributed by atoms with Gasteiger partial charge >= 0.3 is 0 Å². The molecule has 1 aliphatic carbocycles. The molecule has 0 amide bonds. The lowest BCUT2D eigenvalue weighted by molar-refractivity contribution is -0.384. The monoisotopic (exact) mass is 276 g/mol. The molecule has 1 saturated carbocycles. The molecule has 2 rings (SSSR count). The second-order valence-electron chi connectivity index (χ2n) is 6.20. The third kappa shape index (κ3) is 3.30. The van der Waals surface area contributed by atoms with Gasteiger partial charge in [-0.05, 0) is 43.2 Å². The summed E-state index contributed by atoms with van der Waals surface area (Å²) in [5.74, 6) is 1.37. The van der Waals surface area contributed by atoms with Crippen LogP contribution in [0.1, 0.15) is 45.1 Å². The number of nitro groups is 1. The minimum atomic E-state index is -0.339. The quantitative estimate of drug-likeness (QED) is 0.649. The predicted molar refractivity (Wildman–Crippen MR) is 82.0 cm³/mol. The van der Waals surface area contributed by atoms with E-state index in [-0.39, 0.29) is 10.6 Å². The van der Waals surface area contributed by atoms with Gasteiger partial charge in [0.15, 0.2) is 0 Å². The molecule has 1 aliphatic rings. The van der Waals surface area contributed by atoms with Crippen LogP contribution in [0, 0.1) is 28.9 Å². The second kappa shape index (κ2) is 6.25. The molecule has 110 valence electrons. The van der Waals surface area contributed by atoms with E-state index in [1.54, 1.807) is 12.1 Å². The van der Waals surface area contributed by atoms with Crippen LogP contribution in [-0.4, -0.2) is 11.0 Å². The van der Waals surface area contributed by atoms with E-state index in [9.17, 15) is 10.1 Å². The van der Waals surface area contributed by atoms with Crippen LogP contribution < -0.4 is 5.32 Å². The molecule has 4 nitrogen and oxygen atoms in total. The lowest BCUT2D eigenvalue weighted by atomic mass is 9.77. The van der Waals surface area contributed by atoms with Crippen LogP contribution in [0.5, 0.6) is 0 Å². The summed E-state index contributed by atoms with van der Waals surface area (Å²) in [4.78, 5) is 10.4. The fourth-order valence-electron chi connectivity index (χ4n) is 3.26. The highest BCUT2D eigenvalue weighted by molar-refractivity contribution is 5.56. The number of hydrogen-bond acceptors (Lipinski definition) is 3. The number of hydrogen-bond donors (Lipinski definition) is 1. The van der Waals surface area contributed by atoms with Crippen molar-refractivity contribution in [3.63, 3.8) is 0 Å². The van der Waals surface area contributed by atoms with Crippen molar-refractivity contribution in [2.45, 2.75) is 52.5 Å². The molecule has 1 aromatic rings. The highest BCUT2D eigenvalue weighted by Gasteiger charge is 2.27. The number of nitrogens with one attached hydrogen (secondary N) is 1. The van der Waals surface area contributed by atoms with E-state index < -0.39 is 0 Å². The Balaban J connectivity index is 2.14.